The molecule has 0 unspecified atom stereocenters. The molecule has 0 radical (unpaired) electrons. The number of hydrogen-bond acceptors (Lipinski definition) is 1. The molecule has 0 aromatic carbocycles. The Morgan fingerprint density at radius 3 is 1.50 bits per heavy atom. The molecule has 1 N–H and O–H groups in total. The second-order valence-corrected chi connectivity index (χ2v) is 10.6. The molecule has 1 heteroatoms. The quantitative estimate of drug-likeness (QED) is 0.130. The molecule has 0 fully saturated rings. The summed E-state index contributed by atoms with van der Waals surface area (Å²) in [5, 5.41) is 3.67. The van der Waals surface area contributed by atoms with E-state index in [1.54, 1.807) is 0 Å². The minimum atomic E-state index is 0.443. The zero-order valence-corrected chi connectivity index (χ0v) is 21.9. The Balaban J connectivity index is 1.79. The van der Waals surface area contributed by atoms with Gasteiger partial charge in [0.1, 0.15) is 0 Å². The zero-order chi connectivity index (χ0) is 23.4. The van der Waals surface area contributed by atoms with Gasteiger partial charge in [0.2, 0.25) is 0 Å². The van der Waals surface area contributed by atoms with Gasteiger partial charge in [-0.3, -0.25) is 0 Å². The third-order valence-corrected chi connectivity index (χ3v) is 6.83. The fourth-order valence-electron chi connectivity index (χ4n) is 4.69. The highest BCUT2D eigenvalue weighted by Gasteiger charge is 2.18. The van der Waals surface area contributed by atoms with E-state index in [-0.39, 0.29) is 0 Å². The van der Waals surface area contributed by atoms with Crippen molar-refractivity contribution in [3.05, 3.63) is 48.2 Å². The van der Waals surface area contributed by atoms with Gasteiger partial charge in [0.25, 0.3) is 0 Å². The number of rotatable bonds is 22. The maximum atomic E-state index is 4.22. The van der Waals surface area contributed by atoms with Crippen LogP contribution in [0.25, 0.3) is 0 Å². The van der Waals surface area contributed by atoms with Crippen molar-refractivity contribution in [3.63, 3.8) is 0 Å². The minimum Gasteiger partial charge on any atom is -0.382 e. The van der Waals surface area contributed by atoms with E-state index >= 15 is 0 Å². The molecule has 1 aliphatic heterocycles. The van der Waals surface area contributed by atoms with Crippen LogP contribution in [0, 0.1) is 0 Å². The van der Waals surface area contributed by atoms with Crippen LogP contribution in [0.2, 0.25) is 0 Å². The Hall–Kier alpha value is -1.24. The largest absolute Gasteiger partial charge is 0.382 e. The highest BCUT2D eigenvalue weighted by atomic mass is 14.9. The molecular formula is C31H55N. The van der Waals surface area contributed by atoms with Crippen LogP contribution in [-0.2, 0) is 0 Å². The summed E-state index contributed by atoms with van der Waals surface area (Å²) in [4.78, 5) is 0. The highest BCUT2D eigenvalue weighted by molar-refractivity contribution is 5.32. The molecule has 0 amide bonds. The van der Waals surface area contributed by atoms with Crippen LogP contribution in [-0.4, -0.2) is 6.04 Å². The third kappa shape index (κ3) is 16.4. The second-order valence-electron chi connectivity index (χ2n) is 10.6. The molecule has 1 atom stereocenters. The minimum absolute atomic E-state index is 0.443. The van der Waals surface area contributed by atoms with E-state index in [0.717, 1.165) is 12.8 Å². The Morgan fingerprint density at radius 2 is 1.06 bits per heavy atom. The standard InChI is InChI=1S/C31H55N/c1-27(2)22-20-18-16-14-12-10-8-6-7-9-11-13-15-17-19-21-23-30-26-29(5)31(32-30)25-24-28(3)4/h26,31-32H,1,3,5-25H2,2,4H3/t31-/m0/s1. The van der Waals surface area contributed by atoms with Gasteiger partial charge in [-0.1, -0.05) is 108 Å². The summed E-state index contributed by atoms with van der Waals surface area (Å²) in [5.74, 6) is 0. The maximum absolute atomic E-state index is 4.22. The Morgan fingerprint density at radius 1 is 0.656 bits per heavy atom. The molecule has 1 rings (SSSR count). The molecule has 1 aliphatic rings. The molecule has 0 saturated heterocycles. The van der Waals surface area contributed by atoms with Crippen molar-refractivity contribution < 1.29 is 0 Å². The van der Waals surface area contributed by atoms with E-state index in [1.165, 1.54) is 138 Å². The van der Waals surface area contributed by atoms with Crippen molar-refractivity contribution in [1.82, 2.24) is 5.32 Å². The average molecular weight is 442 g/mol. The van der Waals surface area contributed by atoms with Gasteiger partial charge in [-0.05, 0) is 64.0 Å². The van der Waals surface area contributed by atoms with E-state index in [2.05, 4.69) is 45.0 Å². The lowest BCUT2D eigenvalue weighted by Crippen LogP contribution is -2.23. The Bertz CT molecular complexity index is 553. The highest BCUT2D eigenvalue weighted by Crippen LogP contribution is 2.23. The lowest BCUT2D eigenvalue weighted by atomic mass is 10.0. The van der Waals surface area contributed by atoms with Gasteiger partial charge in [-0.25, -0.2) is 0 Å². The normalized spacial score (nSPS) is 15.6. The fourth-order valence-corrected chi connectivity index (χ4v) is 4.69. The lowest BCUT2D eigenvalue weighted by Gasteiger charge is -2.14. The molecule has 0 spiro atoms. The molecule has 0 aliphatic carbocycles. The van der Waals surface area contributed by atoms with Crippen LogP contribution < -0.4 is 5.32 Å². The summed E-state index contributed by atoms with van der Waals surface area (Å²) in [6.45, 7) is 16.5. The second kappa shape index (κ2) is 19.2. The van der Waals surface area contributed by atoms with E-state index < -0.39 is 0 Å². The monoisotopic (exact) mass is 441 g/mol. The number of allylic oxidation sites excluding steroid dienone is 3. The summed E-state index contributed by atoms with van der Waals surface area (Å²) in [6, 6.07) is 0.443. The zero-order valence-electron chi connectivity index (χ0n) is 21.9. The first-order valence-corrected chi connectivity index (χ1v) is 13.9. The summed E-state index contributed by atoms with van der Waals surface area (Å²) >= 11 is 0. The average Bonchev–Trinajstić information content (AvgIpc) is 3.10. The van der Waals surface area contributed by atoms with Gasteiger partial charge in [-0.15, -0.1) is 13.2 Å². The van der Waals surface area contributed by atoms with Gasteiger partial charge < -0.3 is 5.32 Å². The maximum Gasteiger partial charge on any atom is 0.0508 e. The molecule has 184 valence electrons. The summed E-state index contributed by atoms with van der Waals surface area (Å²) in [6.07, 6.45) is 29.6. The topological polar surface area (TPSA) is 12.0 Å². The van der Waals surface area contributed by atoms with Gasteiger partial charge in [-0.2, -0.15) is 0 Å². The van der Waals surface area contributed by atoms with Crippen molar-refractivity contribution in [2.45, 2.75) is 148 Å². The SMILES string of the molecule is C=C(C)CCCCCCCCCCCCCCCCCCC1=CC(=C)[C@H](CCC(=C)C)N1. The lowest BCUT2D eigenvalue weighted by molar-refractivity contribution is 0.526. The van der Waals surface area contributed by atoms with Gasteiger partial charge in [0, 0.05) is 5.70 Å². The Labute approximate surface area is 201 Å². The number of nitrogens with one attached hydrogen (secondary N) is 1. The molecular weight excluding hydrogens is 386 g/mol. The van der Waals surface area contributed by atoms with Crippen molar-refractivity contribution in [3.8, 4) is 0 Å². The number of hydrogen-bond donors (Lipinski definition) is 1. The van der Waals surface area contributed by atoms with Crippen molar-refractivity contribution >= 4 is 0 Å². The molecule has 0 aromatic rings. The first-order chi connectivity index (χ1) is 15.5. The van der Waals surface area contributed by atoms with Crippen LogP contribution in [0.3, 0.4) is 0 Å². The predicted molar refractivity (Wildman–Crippen MR) is 146 cm³/mol. The molecule has 1 heterocycles. The van der Waals surface area contributed by atoms with Crippen LogP contribution in [0.5, 0.6) is 0 Å². The van der Waals surface area contributed by atoms with Crippen LogP contribution in [0.15, 0.2) is 48.2 Å². The predicted octanol–water partition coefficient (Wildman–Crippen LogP) is 10.4. The van der Waals surface area contributed by atoms with Crippen molar-refractivity contribution in [2.75, 3.05) is 0 Å². The Kier molecular flexibility index (Phi) is 17.3. The summed E-state index contributed by atoms with van der Waals surface area (Å²) in [5.41, 5.74) is 5.28. The van der Waals surface area contributed by atoms with E-state index in [0.29, 0.717) is 6.04 Å². The molecule has 0 bridgehead atoms. The van der Waals surface area contributed by atoms with Crippen molar-refractivity contribution in [2.24, 2.45) is 0 Å². The summed E-state index contributed by atoms with van der Waals surface area (Å²) < 4.78 is 0. The van der Waals surface area contributed by atoms with Crippen LogP contribution >= 0.6 is 0 Å². The van der Waals surface area contributed by atoms with E-state index in [4.69, 9.17) is 0 Å². The first-order valence-electron chi connectivity index (χ1n) is 13.9. The number of unbranched alkanes of at least 4 members (excludes halogenated alkanes) is 15. The van der Waals surface area contributed by atoms with Gasteiger partial charge in [0.05, 0.1) is 6.04 Å². The third-order valence-electron chi connectivity index (χ3n) is 6.83. The molecule has 32 heavy (non-hydrogen) atoms. The summed E-state index contributed by atoms with van der Waals surface area (Å²) in [7, 11) is 0. The van der Waals surface area contributed by atoms with E-state index in [9.17, 15) is 0 Å². The molecule has 0 aromatic heterocycles. The fraction of sp³-hybridized carbons (Fsp3) is 0.742. The molecule has 0 saturated carbocycles. The smallest absolute Gasteiger partial charge is 0.0508 e. The van der Waals surface area contributed by atoms with Crippen molar-refractivity contribution in [1.29, 1.82) is 0 Å². The van der Waals surface area contributed by atoms with E-state index in [1.807, 2.05) is 0 Å². The van der Waals surface area contributed by atoms with Gasteiger partial charge in [0.15, 0.2) is 0 Å². The first kappa shape index (κ1) is 28.8. The van der Waals surface area contributed by atoms with Crippen LogP contribution in [0.1, 0.15) is 142 Å². The van der Waals surface area contributed by atoms with Crippen LogP contribution in [0.4, 0.5) is 0 Å². The molecule has 1 nitrogen and oxygen atoms in total. The van der Waals surface area contributed by atoms with Gasteiger partial charge >= 0.3 is 0 Å².